The first-order valence-corrected chi connectivity index (χ1v) is 6.69. The summed E-state index contributed by atoms with van der Waals surface area (Å²) in [4.78, 5) is 22.1. The molecule has 6 heteroatoms. The molecule has 2 N–H and O–H groups in total. The quantitative estimate of drug-likeness (QED) is 0.879. The maximum absolute atomic E-state index is 11.8. The fourth-order valence-electron chi connectivity index (χ4n) is 2.06. The van der Waals surface area contributed by atoms with Crippen molar-refractivity contribution in [3.8, 4) is 0 Å². The van der Waals surface area contributed by atoms with Crippen LogP contribution in [-0.4, -0.2) is 23.5 Å². The minimum absolute atomic E-state index is 0.0684. The second-order valence-corrected chi connectivity index (χ2v) is 5.31. The van der Waals surface area contributed by atoms with Gasteiger partial charge in [0, 0.05) is 12.5 Å². The van der Waals surface area contributed by atoms with Crippen LogP contribution < -0.4 is 5.32 Å². The third-order valence-corrected chi connectivity index (χ3v) is 3.98. The Morgan fingerprint density at radius 1 is 1.37 bits per heavy atom. The van der Waals surface area contributed by atoms with Crippen molar-refractivity contribution in [2.75, 3.05) is 6.54 Å². The molecule has 1 saturated carbocycles. The number of amides is 1. The highest BCUT2D eigenvalue weighted by atomic mass is 35.5. The van der Waals surface area contributed by atoms with Crippen LogP contribution >= 0.6 is 23.2 Å². The van der Waals surface area contributed by atoms with Gasteiger partial charge in [0.1, 0.15) is 0 Å². The van der Waals surface area contributed by atoms with Gasteiger partial charge in [0.2, 0.25) is 5.91 Å². The topological polar surface area (TPSA) is 66.4 Å². The second-order valence-electron chi connectivity index (χ2n) is 4.53. The number of rotatable bonds is 5. The molecule has 0 unspecified atom stereocenters. The van der Waals surface area contributed by atoms with Gasteiger partial charge in [0.25, 0.3) is 0 Å². The van der Waals surface area contributed by atoms with Gasteiger partial charge in [0.05, 0.1) is 16.5 Å². The highest BCUT2D eigenvalue weighted by Crippen LogP contribution is 2.50. The number of carboxylic acid groups (broad SMARTS) is 1. The van der Waals surface area contributed by atoms with Gasteiger partial charge in [0.15, 0.2) is 0 Å². The van der Waals surface area contributed by atoms with E-state index in [4.69, 9.17) is 28.3 Å². The van der Waals surface area contributed by atoms with Crippen LogP contribution in [-0.2, 0) is 9.59 Å². The van der Waals surface area contributed by atoms with E-state index in [0.29, 0.717) is 10.0 Å². The van der Waals surface area contributed by atoms with E-state index in [9.17, 15) is 9.59 Å². The fourth-order valence-corrected chi connectivity index (χ4v) is 2.51. The van der Waals surface area contributed by atoms with Gasteiger partial charge in [-0.25, -0.2) is 0 Å². The predicted octanol–water partition coefficient (Wildman–Crippen LogP) is 2.69. The number of hydrogen-bond donors (Lipinski definition) is 2. The van der Waals surface area contributed by atoms with Gasteiger partial charge in [-0.3, -0.25) is 9.59 Å². The number of halogens is 2. The highest BCUT2D eigenvalue weighted by Gasteiger charge is 2.44. The largest absolute Gasteiger partial charge is 0.481 e. The molecule has 0 aromatic heterocycles. The molecule has 1 amide bonds. The Hall–Kier alpha value is -1.26. The highest BCUT2D eigenvalue weighted by molar-refractivity contribution is 6.42. The molecule has 4 nitrogen and oxygen atoms in total. The third kappa shape index (κ3) is 3.39. The van der Waals surface area contributed by atoms with E-state index >= 15 is 0 Å². The van der Waals surface area contributed by atoms with E-state index in [2.05, 4.69) is 5.32 Å². The maximum Gasteiger partial charge on any atom is 0.305 e. The van der Waals surface area contributed by atoms with Crippen LogP contribution in [0.2, 0.25) is 10.0 Å². The first-order valence-electron chi connectivity index (χ1n) is 5.94. The zero-order valence-electron chi connectivity index (χ0n) is 10.0. The summed E-state index contributed by atoms with van der Waals surface area (Å²) in [5, 5.41) is 12.1. The summed E-state index contributed by atoms with van der Waals surface area (Å²) in [6.45, 7) is 0.153. The van der Waals surface area contributed by atoms with Crippen LogP contribution in [0.3, 0.4) is 0 Å². The lowest BCUT2D eigenvalue weighted by molar-refractivity contribution is -0.136. The van der Waals surface area contributed by atoms with E-state index in [-0.39, 0.29) is 30.7 Å². The summed E-state index contributed by atoms with van der Waals surface area (Å²) in [7, 11) is 0. The van der Waals surface area contributed by atoms with Crippen LogP contribution in [0, 0.1) is 5.92 Å². The molecule has 0 spiro atoms. The first-order chi connectivity index (χ1) is 9.00. The minimum atomic E-state index is -0.925. The Kier molecular flexibility index (Phi) is 4.32. The van der Waals surface area contributed by atoms with Crippen molar-refractivity contribution in [1.29, 1.82) is 0 Å². The zero-order valence-corrected chi connectivity index (χ0v) is 11.5. The van der Waals surface area contributed by atoms with Crippen molar-refractivity contribution in [2.45, 2.75) is 18.8 Å². The smallest absolute Gasteiger partial charge is 0.305 e. The Morgan fingerprint density at radius 3 is 2.79 bits per heavy atom. The molecule has 1 aromatic rings. The normalized spacial score (nSPS) is 20.9. The molecule has 102 valence electrons. The van der Waals surface area contributed by atoms with Gasteiger partial charge in [-0.05, 0) is 24.0 Å². The van der Waals surface area contributed by atoms with Gasteiger partial charge in [-0.15, -0.1) is 0 Å². The Morgan fingerprint density at radius 2 is 2.11 bits per heavy atom. The maximum atomic E-state index is 11.8. The van der Waals surface area contributed by atoms with Crippen LogP contribution in [0.15, 0.2) is 18.2 Å². The first kappa shape index (κ1) is 14.2. The van der Waals surface area contributed by atoms with Crippen molar-refractivity contribution in [1.82, 2.24) is 5.32 Å². The number of hydrogen-bond acceptors (Lipinski definition) is 2. The summed E-state index contributed by atoms with van der Waals surface area (Å²) >= 11 is 12.0. The van der Waals surface area contributed by atoms with Crippen LogP contribution in [0.1, 0.15) is 24.3 Å². The molecule has 0 saturated heterocycles. The van der Waals surface area contributed by atoms with Gasteiger partial charge in [-0.1, -0.05) is 35.3 Å². The number of aliphatic carboxylic acids is 1. The molecule has 0 aliphatic heterocycles. The SMILES string of the molecule is O=C(O)CCNC(=O)[C@H]1C[C@H]1c1cccc(Cl)c1Cl. The molecular weight excluding hydrogens is 289 g/mol. The zero-order chi connectivity index (χ0) is 14.0. The molecule has 1 aliphatic rings. The van der Waals surface area contributed by atoms with Crippen molar-refractivity contribution < 1.29 is 14.7 Å². The van der Waals surface area contributed by atoms with Crippen LogP contribution in [0.4, 0.5) is 0 Å². The van der Waals surface area contributed by atoms with Gasteiger partial charge < -0.3 is 10.4 Å². The summed E-state index contributed by atoms with van der Waals surface area (Å²) in [5.41, 5.74) is 0.882. The summed E-state index contributed by atoms with van der Waals surface area (Å²) < 4.78 is 0. The van der Waals surface area contributed by atoms with Crippen molar-refractivity contribution >= 4 is 35.1 Å². The van der Waals surface area contributed by atoms with Gasteiger partial charge in [-0.2, -0.15) is 0 Å². The van der Waals surface area contributed by atoms with E-state index in [1.54, 1.807) is 12.1 Å². The summed E-state index contributed by atoms with van der Waals surface area (Å²) in [6.07, 6.45) is 0.653. The summed E-state index contributed by atoms with van der Waals surface area (Å²) in [5.74, 6) is -1.10. The lowest BCUT2D eigenvalue weighted by Gasteiger charge is -2.06. The molecule has 1 aromatic carbocycles. The molecule has 0 radical (unpaired) electrons. The second kappa shape index (κ2) is 5.80. The molecular formula is C13H13Cl2NO3. The van der Waals surface area contributed by atoms with Gasteiger partial charge >= 0.3 is 5.97 Å². The van der Waals surface area contributed by atoms with E-state index in [1.165, 1.54) is 0 Å². The average Bonchev–Trinajstić information content (AvgIpc) is 3.12. The molecule has 1 fully saturated rings. The Bertz CT molecular complexity index is 519. The molecule has 19 heavy (non-hydrogen) atoms. The lowest BCUT2D eigenvalue weighted by Crippen LogP contribution is -2.27. The third-order valence-electron chi connectivity index (χ3n) is 3.15. The molecule has 0 heterocycles. The monoisotopic (exact) mass is 301 g/mol. The molecule has 1 aliphatic carbocycles. The Balaban J connectivity index is 1.91. The number of benzene rings is 1. The van der Waals surface area contributed by atoms with E-state index in [1.807, 2.05) is 6.07 Å². The number of nitrogens with one attached hydrogen (secondary N) is 1. The minimum Gasteiger partial charge on any atom is -0.481 e. The van der Waals surface area contributed by atoms with E-state index < -0.39 is 5.97 Å². The van der Waals surface area contributed by atoms with E-state index in [0.717, 1.165) is 12.0 Å². The Labute approximate surface area is 120 Å². The van der Waals surface area contributed by atoms with Crippen LogP contribution in [0.25, 0.3) is 0 Å². The average molecular weight is 302 g/mol. The predicted molar refractivity (Wildman–Crippen MR) is 72.6 cm³/mol. The fraction of sp³-hybridized carbons (Fsp3) is 0.385. The number of carbonyl (C=O) groups excluding carboxylic acids is 1. The number of carbonyl (C=O) groups is 2. The lowest BCUT2D eigenvalue weighted by atomic mass is 10.1. The number of carboxylic acids is 1. The standard InChI is InChI=1S/C13H13Cl2NO3/c14-10-3-1-2-7(12(10)15)8-6-9(8)13(19)16-5-4-11(17)18/h1-3,8-9H,4-6H2,(H,16,19)(H,17,18)/t8-,9-/m0/s1. The molecule has 2 rings (SSSR count). The summed E-state index contributed by atoms with van der Waals surface area (Å²) in [6, 6.07) is 5.38. The van der Waals surface area contributed by atoms with Crippen LogP contribution in [0.5, 0.6) is 0 Å². The van der Waals surface area contributed by atoms with Crippen molar-refractivity contribution in [2.24, 2.45) is 5.92 Å². The van der Waals surface area contributed by atoms with Crippen molar-refractivity contribution in [3.05, 3.63) is 33.8 Å². The molecule has 2 atom stereocenters. The van der Waals surface area contributed by atoms with Crippen molar-refractivity contribution in [3.63, 3.8) is 0 Å². The molecule has 0 bridgehead atoms.